The van der Waals surface area contributed by atoms with Crippen LogP contribution in [0.4, 0.5) is 0 Å². The molecule has 0 atom stereocenters. The van der Waals surface area contributed by atoms with Crippen molar-refractivity contribution in [2.75, 3.05) is 0 Å². The highest BCUT2D eigenvalue weighted by molar-refractivity contribution is 7.17. The van der Waals surface area contributed by atoms with Crippen LogP contribution in [0.2, 0.25) is 0 Å². The molecular weight excluding hydrogens is 324 g/mol. The molecule has 0 bridgehead atoms. The van der Waals surface area contributed by atoms with E-state index in [0.717, 1.165) is 16.3 Å². The van der Waals surface area contributed by atoms with Gasteiger partial charge in [0.05, 0.1) is 11.6 Å². The van der Waals surface area contributed by atoms with Crippen LogP contribution in [0.25, 0.3) is 10.6 Å². The molecule has 1 aliphatic rings. The molecule has 0 saturated heterocycles. The third-order valence-corrected chi connectivity index (χ3v) is 5.64. The number of aryl methyl sites for hydroxylation is 1. The van der Waals surface area contributed by atoms with Gasteiger partial charge in [-0.25, -0.2) is 4.98 Å². The Kier molecular flexibility index (Phi) is 4.94. The van der Waals surface area contributed by atoms with E-state index >= 15 is 0 Å². The number of amides is 1. The molecule has 1 amide bonds. The minimum absolute atomic E-state index is 0.0507. The molecule has 2 aromatic rings. The molecule has 1 aromatic heterocycles. The summed E-state index contributed by atoms with van der Waals surface area (Å²) in [5.74, 6) is -1.11. The topological polar surface area (TPSA) is 79.3 Å². The van der Waals surface area contributed by atoms with Crippen LogP contribution >= 0.6 is 11.3 Å². The van der Waals surface area contributed by atoms with Crippen LogP contribution in [-0.4, -0.2) is 28.0 Å². The number of benzene rings is 1. The first kappa shape index (κ1) is 16.6. The monoisotopic (exact) mass is 344 g/mol. The molecule has 126 valence electrons. The van der Waals surface area contributed by atoms with E-state index in [1.165, 1.54) is 11.3 Å². The number of thiazole rings is 1. The van der Waals surface area contributed by atoms with Crippen LogP contribution < -0.4 is 5.32 Å². The van der Waals surface area contributed by atoms with E-state index in [4.69, 9.17) is 5.11 Å². The van der Waals surface area contributed by atoms with Gasteiger partial charge >= 0.3 is 5.97 Å². The summed E-state index contributed by atoms with van der Waals surface area (Å²) in [4.78, 5) is 28.7. The number of carboxylic acids is 1. The lowest BCUT2D eigenvalue weighted by Gasteiger charge is -2.26. The fourth-order valence-corrected chi connectivity index (χ4v) is 4.02. The highest BCUT2D eigenvalue weighted by Crippen LogP contribution is 2.29. The van der Waals surface area contributed by atoms with Gasteiger partial charge in [-0.1, -0.05) is 30.3 Å². The lowest BCUT2D eigenvalue weighted by molar-refractivity contribution is -0.142. The first-order valence-electron chi connectivity index (χ1n) is 8.11. The average Bonchev–Trinajstić information content (AvgIpc) is 2.98. The standard InChI is InChI=1S/C18H20N2O3S/c1-11-15(24-17(19-11)12-5-3-2-4-6-12)16(21)20-14-9-7-13(8-10-14)18(22)23/h2-6,13-14H,7-10H2,1H3,(H,20,21)(H,22,23). The number of carbonyl (C=O) groups is 2. The Labute approximate surface area is 144 Å². The second-order valence-electron chi connectivity index (χ2n) is 6.16. The van der Waals surface area contributed by atoms with E-state index in [1.54, 1.807) is 0 Å². The van der Waals surface area contributed by atoms with Gasteiger partial charge < -0.3 is 10.4 Å². The van der Waals surface area contributed by atoms with Crippen molar-refractivity contribution in [2.24, 2.45) is 5.92 Å². The summed E-state index contributed by atoms with van der Waals surface area (Å²) >= 11 is 1.40. The molecule has 1 saturated carbocycles. The summed E-state index contributed by atoms with van der Waals surface area (Å²) in [7, 11) is 0. The fraction of sp³-hybridized carbons (Fsp3) is 0.389. The number of nitrogens with zero attached hydrogens (tertiary/aromatic N) is 1. The number of hydrogen-bond donors (Lipinski definition) is 2. The van der Waals surface area contributed by atoms with Crippen LogP contribution in [-0.2, 0) is 4.79 Å². The Balaban J connectivity index is 1.66. The van der Waals surface area contributed by atoms with Gasteiger partial charge in [0, 0.05) is 11.6 Å². The van der Waals surface area contributed by atoms with E-state index in [-0.39, 0.29) is 17.9 Å². The van der Waals surface area contributed by atoms with Crippen LogP contribution in [0.3, 0.4) is 0 Å². The van der Waals surface area contributed by atoms with Crippen molar-refractivity contribution in [3.05, 3.63) is 40.9 Å². The maximum absolute atomic E-state index is 12.5. The number of carboxylic acid groups (broad SMARTS) is 1. The summed E-state index contributed by atoms with van der Waals surface area (Å²) in [5, 5.41) is 12.9. The van der Waals surface area contributed by atoms with Crippen molar-refractivity contribution in [1.82, 2.24) is 10.3 Å². The van der Waals surface area contributed by atoms with Gasteiger partial charge in [-0.15, -0.1) is 11.3 Å². The number of carbonyl (C=O) groups excluding carboxylic acids is 1. The van der Waals surface area contributed by atoms with Crippen LogP contribution in [0, 0.1) is 12.8 Å². The molecule has 1 heterocycles. The predicted molar refractivity (Wildman–Crippen MR) is 93.1 cm³/mol. The van der Waals surface area contributed by atoms with Gasteiger partial charge in [0.2, 0.25) is 0 Å². The molecule has 1 aromatic carbocycles. The van der Waals surface area contributed by atoms with Crippen LogP contribution in [0.5, 0.6) is 0 Å². The third kappa shape index (κ3) is 3.64. The predicted octanol–water partition coefficient (Wildman–Crippen LogP) is 3.49. The zero-order valence-electron chi connectivity index (χ0n) is 13.5. The van der Waals surface area contributed by atoms with Gasteiger partial charge in [-0.05, 0) is 32.6 Å². The largest absolute Gasteiger partial charge is 0.481 e. The Morgan fingerprint density at radius 1 is 1.17 bits per heavy atom. The first-order valence-corrected chi connectivity index (χ1v) is 8.92. The zero-order valence-corrected chi connectivity index (χ0v) is 14.3. The van der Waals surface area contributed by atoms with E-state index in [9.17, 15) is 9.59 Å². The van der Waals surface area contributed by atoms with Gasteiger partial charge in [-0.2, -0.15) is 0 Å². The van der Waals surface area contributed by atoms with Gasteiger partial charge in [0.25, 0.3) is 5.91 Å². The van der Waals surface area contributed by atoms with E-state index < -0.39 is 5.97 Å². The molecule has 1 fully saturated rings. The summed E-state index contributed by atoms with van der Waals surface area (Å²) in [6.07, 6.45) is 2.67. The molecule has 0 radical (unpaired) electrons. The lowest BCUT2D eigenvalue weighted by atomic mass is 9.86. The van der Waals surface area contributed by atoms with Crippen molar-refractivity contribution in [3.8, 4) is 10.6 Å². The van der Waals surface area contributed by atoms with Crippen molar-refractivity contribution in [3.63, 3.8) is 0 Å². The number of rotatable bonds is 4. The molecule has 0 spiro atoms. The molecule has 2 N–H and O–H groups in total. The minimum atomic E-state index is -0.731. The number of aromatic nitrogens is 1. The quantitative estimate of drug-likeness (QED) is 0.890. The molecule has 24 heavy (non-hydrogen) atoms. The summed E-state index contributed by atoms with van der Waals surface area (Å²) in [6, 6.07) is 9.86. The van der Waals surface area contributed by atoms with Gasteiger partial charge in [-0.3, -0.25) is 9.59 Å². The highest BCUT2D eigenvalue weighted by atomic mass is 32.1. The first-order chi connectivity index (χ1) is 11.5. The van der Waals surface area contributed by atoms with Gasteiger partial charge in [0.1, 0.15) is 9.88 Å². The Morgan fingerprint density at radius 3 is 2.46 bits per heavy atom. The van der Waals surface area contributed by atoms with Crippen molar-refractivity contribution in [1.29, 1.82) is 0 Å². The minimum Gasteiger partial charge on any atom is -0.481 e. The highest BCUT2D eigenvalue weighted by Gasteiger charge is 2.27. The van der Waals surface area contributed by atoms with Crippen molar-refractivity contribution < 1.29 is 14.7 Å². The molecule has 0 unspecified atom stereocenters. The number of hydrogen-bond acceptors (Lipinski definition) is 4. The molecule has 5 nitrogen and oxygen atoms in total. The summed E-state index contributed by atoms with van der Waals surface area (Å²) < 4.78 is 0. The van der Waals surface area contributed by atoms with E-state index in [1.807, 2.05) is 37.3 Å². The molecule has 0 aliphatic heterocycles. The molecule has 6 heteroatoms. The third-order valence-electron chi connectivity index (χ3n) is 4.44. The van der Waals surface area contributed by atoms with Crippen LogP contribution in [0.15, 0.2) is 30.3 Å². The lowest BCUT2D eigenvalue weighted by Crippen LogP contribution is -2.38. The van der Waals surface area contributed by atoms with Crippen LogP contribution in [0.1, 0.15) is 41.0 Å². The molecule has 3 rings (SSSR count). The normalized spacial score (nSPS) is 20.5. The maximum Gasteiger partial charge on any atom is 0.306 e. The molecule has 1 aliphatic carbocycles. The fourth-order valence-electron chi connectivity index (χ4n) is 3.05. The SMILES string of the molecule is Cc1nc(-c2ccccc2)sc1C(=O)NC1CCC(C(=O)O)CC1. The Morgan fingerprint density at radius 2 is 1.83 bits per heavy atom. The number of aliphatic carboxylic acids is 1. The maximum atomic E-state index is 12.5. The Hall–Kier alpha value is -2.21. The zero-order chi connectivity index (χ0) is 17.1. The smallest absolute Gasteiger partial charge is 0.306 e. The second kappa shape index (κ2) is 7.13. The molecular formula is C18H20N2O3S. The number of nitrogens with one attached hydrogen (secondary N) is 1. The van der Waals surface area contributed by atoms with E-state index in [2.05, 4.69) is 10.3 Å². The Bertz CT molecular complexity index is 734. The van der Waals surface area contributed by atoms with Gasteiger partial charge in [0.15, 0.2) is 0 Å². The van der Waals surface area contributed by atoms with E-state index in [0.29, 0.717) is 30.6 Å². The average molecular weight is 344 g/mol. The van der Waals surface area contributed by atoms with Crippen molar-refractivity contribution in [2.45, 2.75) is 38.6 Å². The summed E-state index contributed by atoms with van der Waals surface area (Å²) in [5.41, 5.74) is 1.74. The second-order valence-corrected chi connectivity index (χ2v) is 7.16. The van der Waals surface area contributed by atoms with Crippen molar-refractivity contribution >= 4 is 23.2 Å². The summed E-state index contributed by atoms with van der Waals surface area (Å²) in [6.45, 7) is 1.85.